The van der Waals surface area contributed by atoms with Crippen LogP contribution in [-0.2, 0) is 11.2 Å². The lowest BCUT2D eigenvalue weighted by atomic mass is 10.0. The molecule has 0 aliphatic carbocycles. The molecule has 1 amide bonds. The number of nitrogens with one attached hydrogen (secondary N) is 1. The zero-order valence-corrected chi connectivity index (χ0v) is 14.7. The molecule has 1 N–H and O–H groups in total. The van der Waals surface area contributed by atoms with E-state index >= 15 is 0 Å². The van der Waals surface area contributed by atoms with Gasteiger partial charge in [0.2, 0.25) is 5.91 Å². The first-order chi connectivity index (χ1) is 10.1. The minimum absolute atomic E-state index is 0. The van der Waals surface area contributed by atoms with Gasteiger partial charge in [-0.05, 0) is 42.4 Å². The van der Waals surface area contributed by atoms with E-state index in [9.17, 15) is 4.79 Å². The van der Waals surface area contributed by atoms with E-state index in [1.807, 2.05) is 23.1 Å². The Kier molecular flexibility index (Phi) is 6.39. The molecule has 6 heteroatoms. The molecule has 2 heterocycles. The van der Waals surface area contributed by atoms with Gasteiger partial charge in [-0.3, -0.25) is 4.79 Å². The Bertz CT molecular complexity index is 526. The van der Waals surface area contributed by atoms with E-state index in [2.05, 4.69) is 5.32 Å². The topological polar surface area (TPSA) is 32.3 Å². The van der Waals surface area contributed by atoms with Crippen LogP contribution in [0.5, 0.6) is 0 Å². The number of rotatable bonds is 4. The maximum atomic E-state index is 12.2. The zero-order chi connectivity index (χ0) is 14.8. The lowest BCUT2D eigenvalue weighted by Gasteiger charge is -2.17. The number of hydrogen-bond acceptors (Lipinski definition) is 2. The molecule has 2 fully saturated rings. The Balaban J connectivity index is 0.00000176. The van der Waals surface area contributed by atoms with E-state index in [-0.39, 0.29) is 12.4 Å². The average molecular weight is 364 g/mol. The molecule has 0 bridgehead atoms. The molecule has 1 aromatic rings. The van der Waals surface area contributed by atoms with Crippen molar-refractivity contribution in [2.75, 3.05) is 26.2 Å². The average Bonchev–Trinajstić information content (AvgIpc) is 3.03. The summed E-state index contributed by atoms with van der Waals surface area (Å²) in [6.07, 6.45) is 2.35. The molecule has 2 aliphatic heterocycles. The molecule has 3 rings (SSSR count). The number of carbonyl (C=O) groups is 1. The van der Waals surface area contributed by atoms with Crippen LogP contribution in [0.25, 0.3) is 0 Å². The van der Waals surface area contributed by atoms with Gasteiger partial charge in [0.15, 0.2) is 0 Å². The highest BCUT2D eigenvalue weighted by Crippen LogP contribution is 2.27. The first kappa shape index (κ1) is 17.9. The summed E-state index contributed by atoms with van der Waals surface area (Å²) in [5.74, 6) is 1.64. The molecular formula is C16H21Cl3N2O. The quantitative estimate of drug-likeness (QED) is 0.889. The van der Waals surface area contributed by atoms with Crippen LogP contribution in [0.2, 0.25) is 10.0 Å². The first-order valence-corrected chi connectivity index (χ1v) is 8.31. The third-order valence-corrected chi connectivity index (χ3v) is 5.32. The highest BCUT2D eigenvalue weighted by Gasteiger charge is 2.37. The normalized spacial score (nSPS) is 23.3. The SMILES string of the molecule is Cl.O=C(CCCc1ccc(Cl)c(Cl)c1)N1C[C@H]2CNC[C@H]2C1. The van der Waals surface area contributed by atoms with Crippen molar-refractivity contribution in [2.45, 2.75) is 19.3 Å². The molecule has 0 aromatic heterocycles. The van der Waals surface area contributed by atoms with E-state index in [0.717, 1.165) is 44.6 Å². The van der Waals surface area contributed by atoms with Crippen LogP contribution in [-0.4, -0.2) is 37.0 Å². The van der Waals surface area contributed by atoms with Crippen molar-refractivity contribution in [2.24, 2.45) is 11.8 Å². The molecule has 122 valence electrons. The van der Waals surface area contributed by atoms with Crippen LogP contribution in [0.1, 0.15) is 18.4 Å². The number of fused-ring (bicyclic) bond motifs is 1. The second-order valence-corrected chi connectivity index (χ2v) is 6.89. The number of likely N-dealkylation sites (tertiary alicyclic amines) is 1. The van der Waals surface area contributed by atoms with Crippen LogP contribution in [0.3, 0.4) is 0 Å². The standard InChI is InChI=1S/C16H20Cl2N2O.ClH/c17-14-5-4-11(6-15(14)18)2-1-3-16(21)20-9-12-7-19-8-13(12)10-20;/h4-6,12-13,19H,1-3,7-10H2;1H/t12-,13+;. The van der Waals surface area contributed by atoms with E-state index in [1.165, 1.54) is 0 Å². The minimum atomic E-state index is 0. The smallest absolute Gasteiger partial charge is 0.222 e. The summed E-state index contributed by atoms with van der Waals surface area (Å²) in [4.78, 5) is 14.3. The summed E-state index contributed by atoms with van der Waals surface area (Å²) in [6, 6.07) is 5.68. The minimum Gasteiger partial charge on any atom is -0.342 e. The summed E-state index contributed by atoms with van der Waals surface area (Å²) in [5, 5.41) is 4.56. The predicted octanol–water partition coefficient (Wildman–Crippen LogP) is 3.42. The third-order valence-electron chi connectivity index (χ3n) is 4.58. The van der Waals surface area contributed by atoms with Gasteiger partial charge >= 0.3 is 0 Å². The number of halogens is 3. The van der Waals surface area contributed by atoms with Crippen molar-refractivity contribution in [3.8, 4) is 0 Å². The van der Waals surface area contributed by atoms with Gasteiger partial charge in [-0.15, -0.1) is 12.4 Å². The summed E-state index contributed by atoms with van der Waals surface area (Å²) >= 11 is 11.9. The lowest BCUT2D eigenvalue weighted by molar-refractivity contribution is -0.130. The van der Waals surface area contributed by atoms with E-state index in [4.69, 9.17) is 23.2 Å². The molecule has 0 saturated carbocycles. The summed E-state index contributed by atoms with van der Waals surface area (Å²) in [5.41, 5.74) is 1.14. The molecule has 3 nitrogen and oxygen atoms in total. The number of benzene rings is 1. The highest BCUT2D eigenvalue weighted by molar-refractivity contribution is 6.42. The second-order valence-electron chi connectivity index (χ2n) is 6.08. The molecule has 2 saturated heterocycles. The highest BCUT2D eigenvalue weighted by atomic mass is 35.5. The second kappa shape index (κ2) is 7.87. The van der Waals surface area contributed by atoms with Crippen molar-refractivity contribution in [3.05, 3.63) is 33.8 Å². The van der Waals surface area contributed by atoms with Gasteiger partial charge in [0.25, 0.3) is 0 Å². The van der Waals surface area contributed by atoms with Crippen molar-refractivity contribution in [3.63, 3.8) is 0 Å². The van der Waals surface area contributed by atoms with Crippen LogP contribution >= 0.6 is 35.6 Å². The largest absolute Gasteiger partial charge is 0.342 e. The van der Waals surface area contributed by atoms with Crippen molar-refractivity contribution in [1.82, 2.24) is 10.2 Å². The van der Waals surface area contributed by atoms with Crippen LogP contribution in [0, 0.1) is 11.8 Å². The molecule has 2 aliphatic rings. The van der Waals surface area contributed by atoms with Gasteiger partial charge in [0.1, 0.15) is 0 Å². The Morgan fingerprint density at radius 3 is 2.50 bits per heavy atom. The van der Waals surface area contributed by atoms with Gasteiger partial charge < -0.3 is 10.2 Å². The fraction of sp³-hybridized carbons (Fsp3) is 0.562. The molecule has 2 atom stereocenters. The maximum Gasteiger partial charge on any atom is 0.222 e. The zero-order valence-electron chi connectivity index (χ0n) is 12.4. The van der Waals surface area contributed by atoms with Gasteiger partial charge in [0, 0.05) is 32.6 Å². The van der Waals surface area contributed by atoms with Crippen molar-refractivity contribution < 1.29 is 4.79 Å². The van der Waals surface area contributed by atoms with Gasteiger partial charge in [-0.1, -0.05) is 29.3 Å². The Morgan fingerprint density at radius 1 is 1.18 bits per heavy atom. The number of hydrogen-bond donors (Lipinski definition) is 1. The Hall–Kier alpha value is -0.480. The summed E-state index contributed by atoms with van der Waals surface area (Å²) in [7, 11) is 0. The van der Waals surface area contributed by atoms with Crippen LogP contribution in [0.15, 0.2) is 18.2 Å². The van der Waals surface area contributed by atoms with Gasteiger partial charge in [-0.25, -0.2) is 0 Å². The molecule has 1 aromatic carbocycles. The summed E-state index contributed by atoms with van der Waals surface area (Å²) in [6.45, 7) is 4.00. The van der Waals surface area contributed by atoms with Crippen LogP contribution in [0.4, 0.5) is 0 Å². The first-order valence-electron chi connectivity index (χ1n) is 7.56. The molecule has 0 unspecified atom stereocenters. The Labute approximate surface area is 147 Å². The number of amides is 1. The summed E-state index contributed by atoms with van der Waals surface area (Å²) < 4.78 is 0. The number of nitrogens with zero attached hydrogens (tertiary/aromatic N) is 1. The molecule has 0 spiro atoms. The van der Waals surface area contributed by atoms with Crippen LogP contribution < -0.4 is 5.32 Å². The fourth-order valence-corrected chi connectivity index (χ4v) is 3.68. The lowest BCUT2D eigenvalue weighted by Crippen LogP contribution is -2.31. The van der Waals surface area contributed by atoms with E-state index < -0.39 is 0 Å². The van der Waals surface area contributed by atoms with E-state index in [0.29, 0.717) is 34.2 Å². The molecular weight excluding hydrogens is 343 g/mol. The third kappa shape index (κ3) is 4.08. The van der Waals surface area contributed by atoms with E-state index in [1.54, 1.807) is 0 Å². The van der Waals surface area contributed by atoms with Crippen molar-refractivity contribution >= 4 is 41.5 Å². The maximum absolute atomic E-state index is 12.2. The number of carbonyl (C=O) groups excluding carboxylic acids is 1. The van der Waals surface area contributed by atoms with Crippen molar-refractivity contribution in [1.29, 1.82) is 0 Å². The molecule has 22 heavy (non-hydrogen) atoms. The predicted molar refractivity (Wildman–Crippen MR) is 93.1 cm³/mol. The van der Waals surface area contributed by atoms with Gasteiger partial charge in [0.05, 0.1) is 10.0 Å². The molecule has 0 radical (unpaired) electrons. The fourth-order valence-electron chi connectivity index (χ4n) is 3.36. The number of aryl methyl sites for hydroxylation is 1. The Morgan fingerprint density at radius 2 is 1.86 bits per heavy atom. The van der Waals surface area contributed by atoms with Gasteiger partial charge in [-0.2, -0.15) is 0 Å². The monoisotopic (exact) mass is 362 g/mol.